The minimum Gasteiger partial charge on any atom is -0.308 e. The van der Waals surface area contributed by atoms with Crippen LogP contribution in [0.15, 0.2) is 206 Å². The van der Waals surface area contributed by atoms with Gasteiger partial charge in [-0.05, 0) is 65.7 Å². The van der Waals surface area contributed by atoms with E-state index in [-0.39, 0.29) is 22.6 Å². The maximum absolute atomic E-state index is 15.7. The van der Waals surface area contributed by atoms with Crippen molar-refractivity contribution in [3.8, 4) is 96.8 Å². The molecule has 11 rings (SSSR count). The van der Waals surface area contributed by atoms with Gasteiger partial charge in [0.15, 0.2) is 11.6 Å². The van der Waals surface area contributed by atoms with Crippen molar-refractivity contribution in [2.45, 2.75) is 6.18 Å². The van der Waals surface area contributed by atoms with Gasteiger partial charge in [0, 0.05) is 44.2 Å². The molecule has 10 heteroatoms. The van der Waals surface area contributed by atoms with Crippen LogP contribution >= 0.6 is 0 Å². The molecule has 0 aliphatic carbocycles. The number of fused-ring (bicyclic) bond motifs is 3. The molecule has 3 heterocycles. The number of benzene rings is 8. The number of halogens is 3. The summed E-state index contributed by atoms with van der Waals surface area (Å²) >= 11 is 0. The molecule has 0 aliphatic rings. The summed E-state index contributed by atoms with van der Waals surface area (Å²) in [7, 11) is 0. The van der Waals surface area contributed by atoms with E-state index in [4.69, 9.17) is 19.9 Å². The fourth-order valence-electron chi connectivity index (χ4n) is 8.88. The summed E-state index contributed by atoms with van der Waals surface area (Å²) in [6.45, 7) is 0. The second-order valence-corrected chi connectivity index (χ2v) is 16.4. The van der Waals surface area contributed by atoms with Crippen LogP contribution in [0.5, 0.6) is 0 Å². The number of hydrogen-bond acceptors (Lipinski definition) is 6. The van der Waals surface area contributed by atoms with Gasteiger partial charge in [0.25, 0.3) is 0 Å². The average Bonchev–Trinajstić information content (AvgIpc) is 3.74. The van der Waals surface area contributed by atoms with Gasteiger partial charge in [-0.3, -0.25) is 0 Å². The van der Waals surface area contributed by atoms with Crippen LogP contribution in [0.2, 0.25) is 0 Å². The summed E-state index contributed by atoms with van der Waals surface area (Å²) in [6.07, 6.45) is -4.81. The van der Waals surface area contributed by atoms with E-state index in [0.717, 1.165) is 45.2 Å². The molecule has 3 aromatic heterocycles. The second-order valence-electron chi connectivity index (χ2n) is 16.4. The molecule has 0 fully saturated rings. The minimum atomic E-state index is -4.81. The van der Waals surface area contributed by atoms with Crippen LogP contribution in [0, 0.1) is 22.7 Å². The molecule has 326 valence electrons. The fourth-order valence-corrected chi connectivity index (χ4v) is 8.88. The average molecular weight is 898 g/mol. The third kappa shape index (κ3) is 7.92. The summed E-state index contributed by atoms with van der Waals surface area (Å²) in [5.41, 5.74) is 7.87. The molecule has 0 radical (unpaired) electrons. The number of nitriles is 2. The van der Waals surface area contributed by atoms with Crippen molar-refractivity contribution >= 4 is 21.8 Å². The molecule has 0 N–H and O–H groups in total. The Kier molecular flexibility index (Phi) is 10.6. The fraction of sp³-hybridized carbons (Fsp3) is 0.0169. The summed E-state index contributed by atoms with van der Waals surface area (Å²) in [5.74, 6) is 0.394. The van der Waals surface area contributed by atoms with Crippen molar-refractivity contribution in [1.82, 2.24) is 24.5 Å². The van der Waals surface area contributed by atoms with Gasteiger partial charge >= 0.3 is 6.18 Å². The Hall–Kier alpha value is -9.51. The molecule has 0 bridgehead atoms. The van der Waals surface area contributed by atoms with Gasteiger partial charge in [0.1, 0.15) is 0 Å². The van der Waals surface area contributed by atoms with Crippen LogP contribution in [-0.4, -0.2) is 24.5 Å². The summed E-state index contributed by atoms with van der Waals surface area (Å²) in [6, 6.07) is 66.6. The van der Waals surface area contributed by atoms with Crippen molar-refractivity contribution in [3.05, 3.63) is 223 Å². The van der Waals surface area contributed by atoms with Crippen molar-refractivity contribution < 1.29 is 13.2 Å². The van der Waals surface area contributed by atoms with E-state index in [9.17, 15) is 10.5 Å². The van der Waals surface area contributed by atoms with E-state index in [2.05, 4.69) is 12.1 Å². The van der Waals surface area contributed by atoms with E-state index in [1.54, 1.807) is 24.3 Å². The Balaban J connectivity index is 1.29. The Morgan fingerprint density at radius 2 is 0.899 bits per heavy atom. The molecule has 0 saturated heterocycles. The van der Waals surface area contributed by atoms with Crippen molar-refractivity contribution in [2.75, 3.05) is 0 Å². The monoisotopic (exact) mass is 897 g/mol. The van der Waals surface area contributed by atoms with Crippen LogP contribution < -0.4 is 0 Å². The first kappa shape index (κ1) is 42.1. The standard InChI is InChI=1S/C59H34F3N7/c60-59(61,62)44-31-48(53-34-52(40-19-9-3-10-20-40)65-57(68-53)41-21-11-4-12-22-41)56(49(32-44)58-66-50(38-15-5-1-6-16-38)33-51(67-58)39-17-7-2-8-18-39)69-54-24-14-13-23-46(54)47-30-42(26-28-55(47)69)45-27-25-37(35-63)29-43(45)36-64/h1-34H. The SMILES string of the molecule is N#Cc1ccc(-c2ccc3c(c2)c2ccccc2n3-c2c(-c3cc(-c4ccccc4)nc(-c4ccccc4)n3)cc(C(F)(F)F)cc2-c2nc(-c3ccccc3)cc(-c3ccccc3)n2)c(C#N)c1. The van der Waals surface area contributed by atoms with Crippen LogP contribution in [0.3, 0.4) is 0 Å². The Morgan fingerprint density at radius 1 is 0.391 bits per heavy atom. The number of aromatic nitrogens is 5. The summed E-state index contributed by atoms with van der Waals surface area (Å²) < 4.78 is 49.2. The highest BCUT2D eigenvalue weighted by atomic mass is 19.4. The van der Waals surface area contributed by atoms with Crippen LogP contribution in [0.4, 0.5) is 13.2 Å². The van der Waals surface area contributed by atoms with Gasteiger partial charge in [-0.15, -0.1) is 0 Å². The highest BCUT2D eigenvalue weighted by Gasteiger charge is 2.35. The highest BCUT2D eigenvalue weighted by Crippen LogP contribution is 2.46. The number of alkyl halides is 3. The van der Waals surface area contributed by atoms with Gasteiger partial charge in [0.2, 0.25) is 0 Å². The zero-order chi connectivity index (χ0) is 47.1. The zero-order valence-electron chi connectivity index (χ0n) is 36.4. The molecule has 0 spiro atoms. The predicted octanol–water partition coefficient (Wildman–Crippen LogP) is 14.8. The summed E-state index contributed by atoms with van der Waals surface area (Å²) in [4.78, 5) is 20.4. The van der Waals surface area contributed by atoms with E-state index in [1.807, 2.05) is 174 Å². The Morgan fingerprint density at radius 3 is 1.48 bits per heavy atom. The van der Waals surface area contributed by atoms with E-state index in [0.29, 0.717) is 61.9 Å². The van der Waals surface area contributed by atoms with E-state index < -0.39 is 11.7 Å². The lowest BCUT2D eigenvalue weighted by Crippen LogP contribution is -2.11. The molecule has 0 unspecified atom stereocenters. The topological polar surface area (TPSA) is 104 Å². The maximum Gasteiger partial charge on any atom is 0.416 e. The molecule has 8 aromatic carbocycles. The maximum atomic E-state index is 15.7. The number of nitrogens with zero attached hydrogens (tertiary/aromatic N) is 7. The second kappa shape index (κ2) is 17.4. The molecule has 69 heavy (non-hydrogen) atoms. The number of hydrogen-bond donors (Lipinski definition) is 0. The molecule has 0 atom stereocenters. The highest BCUT2D eigenvalue weighted by molar-refractivity contribution is 6.12. The van der Waals surface area contributed by atoms with Crippen molar-refractivity contribution in [2.24, 2.45) is 0 Å². The van der Waals surface area contributed by atoms with Gasteiger partial charge in [-0.1, -0.05) is 152 Å². The molecular weight excluding hydrogens is 864 g/mol. The Bertz CT molecular complexity index is 3580. The van der Waals surface area contributed by atoms with Crippen LogP contribution in [0.1, 0.15) is 16.7 Å². The largest absolute Gasteiger partial charge is 0.416 e. The first-order chi connectivity index (χ1) is 33.7. The van der Waals surface area contributed by atoms with Gasteiger partial charge in [-0.2, -0.15) is 23.7 Å². The third-order valence-electron chi connectivity index (χ3n) is 12.1. The lowest BCUT2D eigenvalue weighted by molar-refractivity contribution is -0.137. The van der Waals surface area contributed by atoms with Crippen LogP contribution in [-0.2, 0) is 6.18 Å². The number of para-hydroxylation sites is 1. The summed E-state index contributed by atoms with van der Waals surface area (Å²) in [5, 5.41) is 21.4. The van der Waals surface area contributed by atoms with Gasteiger partial charge in [0.05, 0.1) is 68.3 Å². The first-order valence-electron chi connectivity index (χ1n) is 22.0. The number of rotatable bonds is 8. The van der Waals surface area contributed by atoms with Crippen molar-refractivity contribution in [1.29, 1.82) is 10.5 Å². The molecule has 7 nitrogen and oxygen atoms in total. The quantitative estimate of drug-likeness (QED) is 0.150. The molecule has 0 saturated carbocycles. The molecule has 0 aliphatic heterocycles. The molecule has 11 aromatic rings. The third-order valence-corrected chi connectivity index (χ3v) is 12.1. The lowest BCUT2D eigenvalue weighted by Gasteiger charge is -2.22. The first-order valence-corrected chi connectivity index (χ1v) is 22.0. The van der Waals surface area contributed by atoms with Gasteiger partial charge in [-0.25, -0.2) is 19.9 Å². The van der Waals surface area contributed by atoms with E-state index in [1.165, 1.54) is 0 Å². The van der Waals surface area contributed by atoms with Gasteiger partial charge < -0.3 is 4.57 Å². The molecular formula is C59H34F3N7. The minimum absolute atomic E-state index is 0.0666. The Labute approximate surface area is 394 Å². The van der Waals surface area contributed by atoms with E-state index >= 15 is 13.2 Å². The van der Waals surface area contributed by atoms with Crippen molar-refractivity contribution in [3.63, 3.8) is 0 Å². The smallest absolute Gasteiger partial charge is 0.308 e. The zero-order valence-corrected chi connectivity index (χ0v) is 36.4. The molecule has 0 amide bonds. The van der Waals surface area contributed by atoms with Crippen LogP contribution in [0.25, 0.3) is 106 Å². The lowest BCUT2D eigenvalue weighted by atomic mass is 9.96. The normalized spacial score (nSPS) is 11.4. The predicted molar refractivity (Wildman–Crippen MR) is 264 cm³/mol.